The van der Waals surface area contributed by atoms with E-state index >= 15 is 0 Å². The van der Waals surface area contributed by atoms with Gasteiger partial charge in [-0.1, -0.05) is 25.1 Å². The number of hydrogen-bond acceptors (Lipinski definition) is 4. The summed E-state index contributed by atoms with van der Waals surface area (Å²) < 4.78 is 13.3. The first-order valence-corrected chi connectivity index (χ1v) is 12.0. The Labute approximate surface area is 190 Å². The predicted molar refractivity (Wildman–Crippen MR) is 125 cm³/mol. The Kier molecular flexibility index (Phi) is 7.98. The van der Waals surface area contributed by atoms with Gasteiger partial charge < -0.3 is 9.80 Å². The molecular formula is C24H27FN2O2S2. The molecule has 164 valence electrons. The second kappa shape index (κ2) is 10.7. The maximum Gasteiger partial charge on any atom is 0.264 e. The molecule has 0 bridgehead atoms. The fourth-order valence-corrected chi connectivity index (χ4v) is 4.82. The lowest BCUT2D eigenvalue weighted by atomic mass is 10.2. The van der Waals surface area contributed by atoms with Gasteiger partial charge in [0.1, 0.15) is 12.4 Å². The Balaban J connectivity index is 1.82. The normalized spacial score (nSPS) is 11.9. The summed E-state index contributed by atoms with van der Waals surface area (Å²) in [7, 11) is 0. The van der Waals surface area contributed by atoms with Crippen molar-refractivity contribution in [3.05, 3.63) is 79.9 Å². The summed E-state index contributed by atoms with van der Waals surface area (Å²) >= 11 is 3.03. The van der Waals surface area contributed by atoms with Crippen LogP contribution in [0, 0.1) is 12.7 Å². The van der Waals surface area contributed by atoms with Crippen LogP contribution in [0.3, 0.4) is 0 Å². The highest BCUT2D eigenvalue weighted by atomic mass is 32.1. The van der Waals surface area contributed by atoms with Gasteiger partial charge in [0.15, 0.2) is 0 Å². The number of carbonyl (C=O) groups excluding carboxylic acids is 2. The molecular weight excluding hydrogens is 431 g/mol. The van der Waals surface area contributed by atoms with Gasteiger partial charge in [-0.05, 0) is 61.5 Å². The number of halogens is 1. The van der Waals surface area contributed by atoms with Gasteiger partial charge in [-0.2, -0.15) is 0 Å². The largest absolute Gasteiger partial charge is 0.332 e. The third kappa shape index (κ3) is 6.24. The average molecular weight is 459 g/mol. The Morgan fingerprint density at radius 3 is 2.39 bits per heavy atom. The number of benzene rings is 1. The molecule has 3 rings (SSSR count). The van der Waals surface area contributed by atoms with Crippen LogP contribution < -0.4 is 0 Å². The van der Waals surface area contributed by atoms with Crippen LogP contribution in [0.4, 0.5) is 4.39 Å². The number of nitrogens with zero attached hydrogens (tertiary/aromatic N) is 2. The zero-order chi connectivity index (χ0) is 22.4. The van der Waals surface area contributed by atoms with E-state index in [2.05, 4.69) is 0 Å². The number of thiophene rings is 2. The van der Waals surface area contributed by atoms with E-state index < -0.39 is 0 Å². The zero-order valence-corrected chi connectivity index (χ0v) is 19.6. The molecule has 2 aromatic heterocycles. The van der Waals surface area contributed by atoms with Crippen LogP contribution >= 0.6 is 22.7 Å². The number of rotatable bonds is 9. The number of hydrogen-bond donors (Lipinski definition) is 0. The fraction of sp³-hybridized carbons (Fsp3) is 0.333. The molecule has 4 nitrogen and oxygen atoms in total. The van der Waals surface area contributed by atoms with E-state index in [4.69, 9.17) is 0 Å². The minimum Gasteiger partial charge on any atom is -0.332 e. The summed E-state index contributed by atoms with van der Waals surface area (Å²) in [4.78, 5) is 32.7. The van der Waals surface area contributed by atoms with Gasteiger partial charge >= 0.3 is 0 Å². The molecule has 0 radical (unpaired) electrons. The molecule has 2 heterocycles. The minimum absolute atomic E-state index is 0.0112. The van der Waals surface area contributed by atoms with Gasteiger partial charge in [0.2, 0.25) is 5.91 Å². The van der Waals surface area contributed by atoms with Crippen molar-refractivity contribution in [3.8, 4) is 0 Å². The highest BCUT2D eigenvalue weighted by molar-refractivity contribution is 7.12. The molecule has 0 N–H and O–H groups in total. The second-order valence-electron chi connectivity index (χ2n) is 7.56. The molecule has 0 aliphatic carbocycles. The van der Waals surface area contributed by atoms with Crippen molar-refractivity contribution in [2.24, 2.45) is 0 Å². The first-order valence-electron chi connectivity index (χ1n) is 10.3. The maximum atomic E-state index is 13.4. The molecule has 2 amide bonds. The molecule has 0 aliphatic heterocycles. The van der Waals surface area contributed by atoms with E-state index in [0.717, 1.165) is 16.9 Å². The van der Waals surface area contributed by atoms with Crippen molar-refractivity contribution < 1.29 is 14.0 Å². The number of amides is 2. The van der Waals surface area contributed by atoms with Gasteiger partial charge in [0, 0.05) is 22.3 Å². The molecule has 31 heavy (non-hydrogen) atoms. The monoisotopic (exact) mass is 458 g/mol. The van der Waals surface area contributed by atoms with Crippen LogP contribution in [-0.2, 0) is 17.9 Å². The van der Waals surface area contributed by atoms with E-state index in [-0.39, 0.29) is 30.2 Å². The molecule has 1 aromatic carbocycles. The van der Waals surface area contributed by atoms with Gasteiger partial charge in [0.25, 0.3) is 5.91 Å². The number of carbonyl (C=O) groups is 2. The van der Waals surface area contributed by atoms with Crippen LogP contribution in [0.2, 0.25) is 0 Å². The third-order valence-corrected chi connectivity index (χ3v) is 7.05. The quantitative estimate of drug-likeness (QED) is 0.411. The average Bonchev–Trinajstić information content (AvgIpc) is 3.44. The van der Waals surface area contributed by atoms with Crippen molar-refractivity contribution in [1.29, 1.82) is 0 Å². The van der Waals surface area contributed by atoms with Crippen molar-refractivity contribution in [3.63, 3.8) is 0 Å². The smallest absolute Gasteiger partial charge is 0.264 e. The zero-order valence-electron chi connectivity index (χ0n) is 18.0. The Hall–Kier alpha value is -2.51. The van der Waals surface area contributed by atoms with Crippen LogP contribution in [0.25, 0.3) is 0 Å². The van der Waals surface area contributed by atoms with Crippen molar-refractivity contribution >= 4 is 34.5 Å². The summed E-state index contributed by atoms with van der Waals surface area (Å²) in [5, 5.41) is 1.86. The molecule has 0 aliphatic rings. The standard InChI is InChI=1S/C24H27FN2O2S2/c1-4-17(2)27(24(29)22-6-5-13-30-22)16-23(28)26(15-21-12-7-18(3)31-21)14-19-8-10-20(25)11-9-19/h5-13,17H,4,14-16H2,1-3H3/t17-/m0/s1. The summed E-state index contributed by atoms with van der Waals surface area (Å²) in [6.45, 7) is 6.83. The van der Waals surface area contributed by atoms with Gasteiger partial charge in [0.05, 0.1) is 11.4 Å². The summed E-state index contributed by atoms with van der Waals surface area (Å²) in [6, 6.07) is 13.8. The first kappa shape index (κ1) is 23.2. The molecule has 0 spiro atoms. The SMILES string of the molecule is CC[C@H](C)N(CC(=O)N(Cc1ccc(F)cc1)Cc1ccc(C)s1)C(=O)c1cccs1. The first-order chi connectivity index (χ1) is 14.9. The lowest BCUT2D eigenvalue weighted by molar-refractivity contribution is -0.133. The van der Waals surface area contributed by atoms with Crippen LogP contribution in [0.1, 0.15) is 45.3 Å². The molecule has 0 saturated heterocycles. The van der Waals surface area contributed by atoms with Crippen LogP contribution in [0.5, 0.6) is 0 Å². The third-order valence-electron chi connectivity index (χ3n) is 5.20. The highest BCUT2D eigenvalue weighted by Crippen LogP contribution is 2.20. The summed E-state index contributed by atoms with van der Waals surface area (Å²) in [5.74, 6) is -0.549. The van der Waals surface area contributed by atoms with E-state index in [1.165, 1.54) is 28.3 Å². The summed E-state index contributed by atoms with van der Waals surface area (Å²) in [5.41, 5.74) is 0.850. The van der Waals surface area contributed by atoms with E-state index in [1.54, 1.807) is 39.3 Å². The Morgan fingerprint density at radius 2 is 1.81 bits per heavy atom. The van der Waals surface area contributed by atoms with Crippen LogP contribution in [0.15, 0.2) is 53.9 Å². The fourth-order valence-electron chi connectivity index (χ4n) is 3.24. The molecule has 1 atom stereocenters. The summed E-state index contributed by atoms with van der Waals surface area (Å²) in [6.07, 6.45) is 0.756. The van der Waals surface area contributed by atoms with Crippen molar-refractivity contribution in [1.82, 2.24) is 9.80 Å². The lowest BCUT2D eigenvalue weighted by Crippen LogP contribution is -2.46. The molecule has 0 saturated carbocycles. The molecule has 0 fully saturated rings. The van der Waals surface area contributed by atoms with Gasteiger partial charge in [-0.15, -0.1) is 22.7 Å². The van der Waals surface area contributed by atoms with Gasteiger partial charge in [-0.3, -0.25) is 9.59 Å². The Morgan fingerprint density at radius 1 is 1.06 bits per heavy atom. The molecule has 3 aromatic rings. The maximum absolute atomic E-state index is 13.4. The second-order valence-corrected chi connectivity index (χ2v) is 9.88. The molecule has 0 unspecified atom stereocenters. The highest BCUT2D eigenvalue weighted by Gasteiger charge is 2.26. The van der Waals surface area contributed by atoms with Crippen molar-refractivity contribution in [2.45, 2.75) is 46.3 Å². The van der Waals surface area contributed by atoms with E-state index in [1.807, 2.05) is 44.4 Å². The van der Waals surface area contributed by atoms with E-state index in [0.29, 0.717) is 18.0 Å². The van der Waals surface area contributed by atoms with Crippen molar-refractivity contribution in [2.75, 3.05) is 6.54 Å². The van der Waals surface area contributed by atoms with E-state index in [9.17, 15) is 14.0 Å². The topological polar surface area (TPSA) is 40.6 Å². The minimum atomic E-state index is -0.306. The lowest BCUT2D eigenvalue weighted by Gasteiger charge is -2.31. The Bertz CT molecular complexity index is 999. The van der Waals surface area contributed by atoms with Crippen LogP contribution in [-0.4, -0.2) is 34.2 Å². The number of aryl methyl sites for hydroxylation is 1. The van der Waals surface area contributed by atoms with Gasteiger partial charge in [-0.25, -0.2) is 4.39 Å². The molecule has 7 heteroatoms. The predicted octanol–water partition coefficient (Wildman–Crippen LogP) is 5.73.